The van der Waals surface area contributed by atoms with E-state index in [4.69, 9.17) is 9.15 Å². The summed E-state index contributed by atoms with van der Waals surface area (Å²) in [6, 6.07) is 1.82. The van der Waals surface area contributed by atoms with Crippen molar-refractivity contribution < 1.29 is 17.6 Å². The van der Waals surface area contributed by atoms with E-state index in [-0.39, 0.29) is 9.56 Å². The van der Waals surface area contributed by atoms with Crippen molar-refractivity contribution in [2.75, 3.05) is 20.3 Å². The van der Waals surface area contributed by atoms with Gasteiger partial charge in [0.1, 0.15) is 10.7 Å². The number of ether oxygens (including phenoxy) is 1. The van der Waals surface area contributed by atoms with Crippen LogP contribution in [0.2, 0.25) is 0 Å². The Morgan fingerprint density at radius 1 is 1.45 bits per heavy atom. The predicted molar refractivity (Wildman–Crippen MR) is 80.1 cm³/mol. The SMILES string of the molecule is COCCCNS(=O)(=O)c1cc(CNC(C)C)oc1Br. The first-order chi connectivity index (χ1) is 9.36. The van der Waals surface area contributed by atoms with E-state index in [1.54, 1.807) is 7.11 Å². The average molecular weight is 369 g/mol. The first kappa shape index (κ1) is 17.6. The number of nitrogens with one attached hydrogen (secondary N) is 2. The largest absolute Gasteiger partial charge is 0.452 e. The van der Waals surface area contributed by atoms with Crippen molar-refractivity contribution in [1.82, 2.24) is 10.0 Å². The van der Waals surface area contributed by atoms with Crippen LogP contribution in [0, 0.1) is 0 Å². The normalized spacial score (nSPS) is 12.2. The molecule has 0 bridgehead atoms. The second-order valence-electron chi connectivity index (χ2n) is 4.63. The van der Waals surface area contributed by atoms with Gasteiger partial charge in [0.05, 0.1) is 6.54 Å². The molecule has 0 unspecified atom stereocenters. The molecular weight excluding hydrogens is 348 g/mol. The van der Waals surface area contributed by atoms with Gasteiger partial charge in [0, 0.05) is 32.4 Å². The lowest BCUT2D eigenvalue weighted by atomic mass is 10.3. The monoisotopic (exact) mass is 368 g/mol. The van der Waals surface area contributed by atoms with Crippen LogP contribution in [-0.2, 0) is 21.3 Å². The topological polar surface area (TPSA) is 80.6 Å². The molecule has 2 N–H and O–H groups in total. The second-order valence-corrected chi connectivity index (χ2v) is 7.09. The third-order valence-electron chi connectivity index (χ3n) is 2.50. The summed E-state index contributed by atoms with van der Waals surface area (Å²) in [5.74, 6) is 0.572. The van der Waals surface area contributed by atoms with Crippen molar-refractivity contribution in [3.05, 3.63) is 16.5 Å². The van der Waals surface area contributed by atoms with E-state index in [1.165, 1.54) is 6.07 Å². The summed E-state index contributed by atoms with van der Waals surface area (Å²) in [5, 5.41) is 3.17. The van der Waals surface area contributed by atoms with E-state index >= 15 is 0 Å². The Kier molecular flexibility index (Phi) is 7.18. The third kappa shape index (κ3) is 5.53. The lowest BCUT2D eigenvalue weighted by Gasteiger charge is -2.04. The predicted octanol–water partition coefficient (Wildman–Crippen LogP) is 1.85. The molecule has 0 aromatic carbocycles. The van der Waals surface area contributed by atoms with Gasteiger partial charge < -0.3 is 14.5 Å². The summed E-state index contributed by atoms with van der Waals surface area (Å²) in [6.45, 7) is 5.33. The molecule has 0 spiro atoms. The van der Waals surface area contributed by atoms with Crippen molar-refractivity contribution in [2.24, 2.45) is 0 Å². The van der Waals surface area contributed by atoms with Gasteiger partial charge in [0.2, 0.25) is 10.0 Å². The molecule has 0 aliphatic heterocycles. The molecule has 0 aliphatic carbocycles. The summed E-state index contributed by atoms with van der Waals surface area (Å²) in [5.41, 5.74) is 0. The highest BCUT2D eigenvalue weighted by molar-refractivity contribution is 9.10. The molecule has 116 valence electrons. The number of sulfonamides is 1. The molecule has 0 fully saturated rings. The molecule has 1 heterocycles. The molecule has 1 aromatic rings. The summed E-state index contributed by atoms with van der Waals surface area (Å²) >= 11 is 3.14. The molecule has 1 rings (SSSR count). The maximum Gasteiger partial charge on any atom is 0.244 e. The fourth-order valence-electron chi connectivity index (χ4n) is 1.47. The van der Waals surface area contributed by atoms with E-state index in [0.29, 0.717) is 37.9 Å². The summed E-state index contributed by atoms with van der Waals surface area (Å²) < 4.78 is 37.2. The second kappa shape index (κ2) is 8.14. The zero-order chi connectivity index (χ0) is 15.2. The molecule has 6 nitrogen and oxygen atoms in total. The van der Waals surface area contributed by atoms with Crippen molar-refractivity contribution >= 4 is 26.0 Å². The van der Waals surface area contributed by atoms with Crippen LogP contribution in [-0.4, -0.2) is 34.7 Å². The van der Waals surface area contributed by atoms with Crippen molar-refractivity contribution in [1.29, 1.82) is 0 Å². The minimum atomic E-state index is -3.56. The van der Waals surface area contributed by atoms with E-state index in [9.17, 15) is 8.42 Å². The number of hydrogen-bond donors (Lipinski definition) is 2. The van der Waals surface area contributed by atoms with Gasteiger partial charge in [0.25, 0.3) is 0 Å². The van der Waals surface area contributed by atoms with Crippen molar-refractivity contribution in [3.8, 4) is 0 Å². The highest BCUT2D eigenvalue weighted by atomic mass is 79.9. The molecule has 0 atom stereocenters. The summed E-state index contributed by atoms with van der Waals surface area (Å²) in [4.78, 5) is 0.121. The van der Waals surface area contributed by atoms with Crippen LogP contribution >= 0.6 is 15.9 Å². The van der Waals surface area contributed by atoms with Crippen molar-refractivity contribution in [2.45, 2.75) is 37.8 Å². The molecule has 8 heteroatoms. The maximum atomic E-state index is 12.1. The highest BCUT2D eigenvalue weighted by Gasteiger charge is 2.22. The van der Waals surface area contributed by atoms with Crippen LogP contribution < -0.4 is 10.0 Å². The fraction of sp³-hybridized carbons (Fsp3) is 0.667. The lowest BCUT2D eigenvalue weighted by molar-refractivity contribution is 0.196. The fourth-order valence-corrected chi connectivity index (χ4v) is 3.54. The van der Waals surface area contributed by atoms with Gasteiger partial charge in [-0.2, -0.15) is 0 Å². The zero-order valence-electron chi connectivity index (χ0n) is 11.9. The summed E-state index contributed by atoms with van der Waals surface area (Å²) in [6.07, 6.45) is 0.618. The zero-order valence-corrected chi connectivity index (χ0v) is 14.3. The van der Waals surface area contributed by atoms with E-state index < -0.39 is 10.0 Å². The number of methoxy groups -OCH3 is 1. The Bertz CT molecular complexity index is 514. The van der Waals surface area contributed by atoms with Crippen LogP contribution in [0.15, 0.2) is 20.0 Å². The van der Waals surface area contributed by atoms with Gasteiger partial charge >= 0.3 is 0 Å². The van der Waals surface area contributed by atoms with Crippen LogP contribution in [0.25, 0.3) is 0 Å². The number of furan rings is 1. The third-order valence-corrected chi connectivity index (χ3v) is 4.82. The van der Waals surface area contributed by atoms with E-state index in [1.807, 2.05) is 13.8 Å². The minimum Gasteiger partial charge on any atom is -0.452 e. The first-order valence-corrected chi connectivity index (χ1v) is 8.64. The molecule has 0 saturated heterocycles. The van der Waals surface area contributed by atoms with Crippen LogP contribution in [0.3, 0.4) is 0 Å². The molecule has 0 radical (unpaired) electrons. The van der Waals surface area contributed by atoms with Gasteiger partial charge in [0.15, 0.2) is 4.67 Å². The molecule has 0 saturated carbocycles. The molecule has 0 aliphatic rings. The Hall–Kier alpha value is -0.410. The van der Waals surface area contributed by atoms with Crippen LogP contribution in [0.1, 0.15) is 26.0 Å². The Morgan fingerprint density at radius 3 is 2.75 bits per heavy atom. The van der Waals surface area contributed by atoms with E-state index in [2.05, 4.69) is 26.0 Å². The number of hydrogen-bond acceptors (Lipinski definition) is 5. The lowest BCUT2D eigenvalue weighted by Crippen LogP contribution is -2.25. The number of halogens is 1. The smallest absolute Gasteiger partial charge is 0.244 e. The Balaban J connectivity index is 2.69. The highest BCUT2D eigenvalue weighted by Crippen LogP contribution is 2.26. The van der Waals surface area contributed by atoms with Gasteiger partial charge in [-0.15, -0.1) is 0 Å². The molecule has 20 heavy (non-hydrogen) atoms. The standard InChI is InChI=1S/C12H21BrN2O4S/c1-9(2)14-8-10-7-11(12(13)19-10)20(16,17)15-5-4-6-18-3/h7,9,14-15H,4-6,8H2,1-3H3. The van der Waals surface area contributed by atoms with Crippen LogP contribution in [0.4, 0.5) is 0 Å². The van der Waals surface area contributed by atoms with Gasteiger partial charge in [-0.05, 0) is 22.4 Å². The van der Waals surface area contributed by atoms with Gasteiger partial charge in [-0.1, -0.05) is 13.8 Å². The maximum absolute atomic E-state index is 12.1. The molecule has 0 amide bonds. The minimum absolute atomic E-state index is 0.121. The van der Waals surface area contributed by atoms with Crippen LogP contribution in [0.5, 0.6) is 0 Å². The molecular formula is C12H21BrN2O4S. The first-order valence-electron chi connectivity index (χ1n) is 6.37. The quantitative estimate of drug-likeness (QED) is 0.650. The average Bonchev–Trinajstić information content (AvgIpc) is 2.74. The van der Waals surface area contributed by atoms with E-state index in [0.717, 1.165) is 0 Å². The van der Waals surface area contributed by atoms with Crippen molar-refractivity contribution in [3.63, 3.8) is 0 Å². The van der Waals surface area contributed by atoms with Gasteiger partial charge in [-0.3, -0.25) is 0 Å². The number of rotatable bonds is 9. The molecule has 1 aromatic heterocycles. The summed E-state index contributed by atoms with van der Waals surface area (Å²) in [7, 11) is -1.98. The Labute approximate surface area is 128 Å². The Morgan fingerprint density at radius 2 is 2.15 bits per heavy atom. The van der Waals surface area contributed by atoms with Gasteiger partial charge in [-0.25, -0.2) is 13.1 Å².